The zero-order chi connectivity index (χ0) is 13.6. The first-order valence-corrected chi connectivity index (χ1v) is 7.02. The van der Waals surface area contributed by atoms with Gasteiger partial charge in [-0.25, -0.2) is 9.37 Å². The number of hydrogen-bond donors (Lipinski definition) is 1. The molecule has 1 fully saturated rings. The Morgan fingerprint density at radius 1 is 1.58 bits per heavy atom. The van der Waals surface area contributed by atoms with Crippen LogP contribution in [0, 0.1) is 5.82 Å². The van der Waals surface area contributed by atoms with Crippen LogP contribution in [0.5, 0.6) is 0 Å². The van der Waals surface area contributed by atoms with E-state index in [1.54, 1.807) is 6.07 Å². The summed E-state index contributed by atoms with van der Waals surface area (Å²) in [7, 11) is 0. The molecule has 1 aromatic heterocycles. The van der Waals surface area contributed by atoms with E-state index in [1.165, 1.54) is 6.07 Å². The van der Waals surface area contributed by atoms with E-state index < -0.39 is 5.97 Å². The fourth-order valence-electron chi connectivity index (χ4n) is 2.19. The molecule has 19 heavy (non-hydrogen) atoms. The topological polar surface area (TPSA) is 55.1 Å². The summed E-state index contributed by atoms with van der Waals surface area (Å²) in [4.78, 5) is 15.0. The average molecular weight is 280 g/mol. The quantitative estimate of drug-likeness (QED) is 0.875. The van der Waals surface area contributed by atoms with Crippen molar-refractivity contribution in [3.05, 3.63) is 24.0 Å². The molecular formula is C13H13FN2O2S. The van der Waals surface area contributed by atoms with Crippen molar-refractivity contribution in [2.45, 2.75) is 30.5 Å². The molecule has 0 bridgehead atoms. The van der Waals surface area contributed by atoms with Crippen molar-refractivity contribution in [2.75, 3.05) is 5.75 Å². The standard InChI is InChI=1S/C13H13FN2O2S/c1-13(5-6-13)16-9-4-2-3-8(14)11(9)15-12(16)19-7-10(17)18/h2-4H,5-7H2,1H3,(H,17,18). The van der Waals surface area contributed by atoms with Crippen molar-refractivity contribution < 1.29 is 14.3 Å². The van der Waals surface area contributed by atoms with E-state index in [-0.39, 0.29) is 17.1 Å². The number of benzene rings is 1. The van der Waals surface area contributed by atoms with E-state index in [0.29, 0.717) is 10.7 Å². The molecule has 1 aliphatic rings. The second-order valence-electron chi connectivity index (χ2n) is 5.02. The highest BCUT2D eigenvalue weighted by Crippen LogP contribution is 2.47. The lowest BCUT2D eigenvalue weighted by Crippen LogP contribution is -2.14. The van der Waals surface area contributed by atoms with Crippen molar-refractivity contribution in [3.63, 3.8) is 0 Å². The molecule has 0 aliphatic heterocycles. The van der Waals surface area contributed by atoms with Gasteiger partial charge in [0.05, 0.1) is 11.3 Å². The number of halogens is 1. The Hall–Kier alpha value is -1.56. The molecule has 0 radical (unpaired) electrons. The van der Waals surface area contributed by atoms with Crippen LogP contribution in [0.2, 0.25) is 0 Å². The monoisotopic (exact) mass is 280 g/mol. The molecule has 1 N–H and O–H groups in total. The van der Waals surface area contributed by atoms with Gasteiger partial charge in [-0.3, -0.25) is 4.79 Å². The molecule has 1 saturated carbocycles. The minimum atomic E-state index is -0.898. The van der Waals surface area contributed by atoms with Crippen molar-refractivity contribution >= 4 is 28.8 Å². The SMILES string of the molecule is CC1(n2c(SCC(=O)O)nc3c(F)cccc32)CC1. The van der Waals surface area contributed by atoms with Gasteiger partial charge in [0.25, 0.3) is 0 Å². The van der Waals surface area contributed by atoms with E-state index in [0.717, 1.165) is 30.1 Å². The highest BCUT2D eigenvalue weighted by atomic mass is 32.2. The van der Waals surface area contributed by atoms with Crippen molar-refractivity contribution in [2.24, 2.45) is 0 Å². The van der Waals surface area contributed by atoms with Crippen LogP contribution in [0.1, 0.15) is 19.8 Å². The third kappa shape index (κ3) is 2.10. The number of carboxylic acids is 1. The molecule has 2 aromatic rings. The molecule has 1 heterocycles. The number of carbonyl (C=O) groups is 1. The number of fused-ring (bicyclic) bond motifs is 1. The van der Waals surface area contributed by atoms with E-state index in [1.807, 2.05) is 10.6 Å². The maximum atomic E-state index is 13.8. The lowest BCUT2D eigenvalue weighted by Gasteiger charge is -2.15. The fourth-order valence-corrected chi connectivity index (χ4v) is 3.05. The van der Waals surface area contributed by atoms with Gasteiger partial charge in [-0.15, -0.1) is 0 Å². The van der Waals surface area contributed by atoms with Crippen molar-refractivity contribution in [3.8, 4) is 0 Å². The van der Waals surface area contributed by atoms with Crippen LogP contribution in [-0.2, 0) is 10.3 Å². The van der Waals surface area contributed by atoms with Crippen LogP contribution in [0.4, 0.5) is 4.39 Å². The molecule has 6 heteroatoms. The summed E-state index contributed by atoms with van der Waals surface area (Å²) in [5.74, 6) is -1.33. The molecule has 1 aromatic carbocycles. The Balaban J connectivity index is 2.14. The number of para-hydroxylation sites is 1. The van der Waals surface area contributed by atoms with Gasteiger partial charge in [-0.05, 0) is 31.9 Å². The lowest BCUT2D eigenvalue weighted by molar-refractivity contribution is -0.133. The number of aromatic nitrogens is 2. The number of rotatable bonds is 4. The predicted molar refractivity (Wildman–Crippen MR) is 70.9 cm³/mol. The summed E-state index contributed by atoms with van der Waals surface area (Å²) in [5, 5.41) is 9.37. The fraction of sp³-hybridized carbons (Fsp3) is 0.385. The summed E-state index contributed by atoms with van der Waals surface area (Å²) in [5.41, 5.74) is 1.01. The molecule has 0 amide bonds. The number of hydrogen-bond acceptors (Lipinski definition) is 3. The Kier molecular flexibility index (Phi) is 2.78. The van der Waals surface area contributed by atoms with Crippen LogP contribution in [-0.4, -0.2) is 26.4 Å². The van der Waals surface area contributed by atoms with Gasteiger partial charge < -0.3 is 9.67 Å². The molecule has 0 unspecified atom stereocenters. The molecule has 100 valence electrons. The predicted octanol–water partition coefficient (Wildman–Crippen LogP) is 2.86. The molecule has 1 aliphatic carbocycles. The van der Waals surface area contributed by atoms with Gasteiger partial charge in [-0.1, -0.05) is 17.8 Å². The first-order chi connectivity index (χ1) is 9.01. The third-order valence-electron chi connectivity index (χ3n) is 3.44. The summed E-state index contributed by atoms with van der Waals surface area (Å²) >= 11 is 1.14. The molecule has 0 spiro atoms. The summed E-state index contributed by atoms with van der Waals surface area (Å²) in [6.45, 7) is 2.09. The van der Waals surface area contributed by atoms with E-state index in [9.17, 15) is 9.18 Å². The largest absolute Gasteiger partial charge is 0.481 e. The van der Waals surface area contributed by atoms with Crippen LogP contribution >= 0.6 is 11.8 Å². The Bertz CT molecular complexity index is 664. The first kappa shape index (κ1) is 12.5. The first-order valence-electron chi connectivity index (χ1n) is 6.03. The minimum Gasteiger partial charge on any atom is -0.481 e. The van der Waals surface area contributed by atoms with Gasteiger partial charge in [0.1, 0.15) is 5.52 Å². The second kappa shape index (κ2) is 4.23. The number of thioether (sulfide) groups is 1. The summed E-state index contributed by atoms with van der Waals surface area (Å²) in [6.07, 6.45) is 2.02. The van der Waals surface area contributed by atoms with Crippen molar-refractivity contribution in [1.82, 2.24) is 9.55 Å². The van der Waals surface area contributed by atoms with E-state index >= 15 is 0 Å². The minimum absolute atomic E-state index is 0.0522. The molecule has 4 nitrogen and oxygen atoms in total. The third-order valence-corrected chi connectivity index (χ3v) is 4.37. The van der Waals surface area contributed by atoms with Gasteiger partial charge in [0.2, 0.25) is 0 Å². The van der Waals surface area contributed by atoms with Crippen molar-refractivity contribution in [1.29, 1.82) is 0 Å². The smallest absolute Gasteiger partial charge is 0.313 e. The average Bonchev–Trinajstić information content (AvgIpc) is 2.96. The highest BCUT2D eigenvalue weighted by molar-refractivity contribution is 7.99. The second-order valence-corrected chi connectivity index (χ2v) is 5.96. The summed E-state index contributed by atoms with van der Waals surface area (Å²) in [6, 6.07) is 4.87. The van der Waals surface area contributed by atoms with E-state index in [2.05, 4.69) is 11.9 Å². The lowest BCUT2D eigenvalue weighted by atomic mass is 10.2. The Labute approximate surface area is 113 Å². The molecule has 3 rings (SSSR count). The molecular weight excluding hydrogens is 267 g/mol. The zero-order valence-electron chi connectivity index (χ0n) is 10.4. The van der Waals surface area contributed by atoms with Gasteiger partial charge in [0.15, 0.2) is 11.0 Å². The maximum Gasteiger partial charge on any atom is 0.313 e. The number of imidazole rings is 1. The van der Waals surface area contributed by atoms with E-state index in [4.69, 9.17) is 5.11 Å². The molecule has 0 saturated heterocycles. The Morgan fingerprint density at radius 3 is 2.95 bits per heavy atom. The van der Waals surface area contributed by atoms with Crippen LogP contribution in [0.15, 0.2) is 23.4 Å². The number of aliphatic carboxylic acids is 1. The number of carboxylic acid groups (broad SMARTS) is 1. The summed E-state index contributed by atoms with van der Waals surface area (Å²) < 4.78 is 15.8. The van der Waals surface area contributed by atoms with Gasteiger partial charge in [-0.2, -0.15) is 0 Å². The zero-order valence-corrected chi connectivity index (χ0v) is 11.2. The van der Waals surface area contributed by atoms with Gasteiger partial charge in [0, 0.05) is 5.54 Å². The van der Waals surface area contributed by atoms with Crippen LogP contribution in [0.3, 0.4) is 0 Å². The maximum absolute atomic E-state index is 13.8. The van der Waals surface area contributed by atoms with Gasteiger partial charge >= 0.3 is 5.97 Å². The number of nitrogens with zero attached hydrogens (tertiary/aromatic N) is 2. The van der Waals surface area contributed by atoms with Crippen LogP contribution in [0.25, 0.3) is 11.0 Å². The Morgan fingerprint density at radius 2 is 2.32 bits per heavy atom. The highest BCUT2D eigenvalue weighted by Gasteiger charge is 2.42. The normalized spacial score (nSPS) is 16.7. The molecule has 0 atom stereocenters. The van der Waals surface area contributed by atoms with Crippen LogP contribution < -0.4 is 0 Å².